The van der Waals surface area contributed by atoms with E-state index in [9.17, 15) is 13.2 Å². The van der Waals surface area contributed by atoms with Crippen molar-refractivity contribution in [1.82, 2.24) is 0 Å². The van der Waals surface area contributed by atoms with Crippen LogP contribution in [0.5, 0.6) is 0 Å². The zero-order chi connectivity index (χ0) is 8.91. The second-order valence-electron chi connectivity index (χ2n) is 2.64. The zero-order valence-corrected chi connectivity index (χ0v) is 7.56. The van der Waals surface area contributed by atoms with Gasteiger partial charge >= 0.3 is 6.18 Å². The molecular formula is C7H13F3S. The summed E-state index contributed by atoms with van der Waals surface area (Å²) in [4.78, 5) is 0. The third kappa shape index (κ3) is 10.1. The van der Waals surface area contributed by atoms with Gasteiger partial charge in [-0.15, -0.1) is 0 Å². The quantitative estimate of drug-likeness (QED) is 0.606. The van der Waals surface area contributed by atoms with E-state index in [0.717, 1.165) is 0 Å². The molecule has 0 heterocycles. The Hall–Kier alpha value is 0.140. The van der Waals surface area contributed by atoms with Crippen LogP contribution >= 0.6 is 11.8 Å². The molecule has 0 aromatic rings. The van der Waals surface area contributed by atoms with Crippen LogP contribution in [0.1, 0.15) is 26.7 Å². The molecule has 0 aliphatic carbocycles. The first kappa shape index (κ1) is 11.1. The summed E-state index contributed by atoms with van der Waals surface area (Å²) in [5, 5.41) is 0.434. The molecule has 0 saturated carbocycles. The number of thioether (sulfide) groups is 1. The van der Waals surface area contributed by atoms with E-state index in [-0.39, 0.29) is 6.42 Å². The molecule has 0 aliphatic heterocycles. The molecule has 0 aromatic carbocycles. The van der Waals surface area contributed by atoms with Gasteiger partial charge in [-0.3, -0.25) is 0 Å². The van der Waals surface area contributed by atoms with E-state index in [0.29, 0.717) is 11.0 Å². The van der Waals surface area contributed by atoms with Gasteiger partial charge in [0, 0.05) is 6.42 Å². The van der Waals surface area contributed by atoms with E-state index in [1.54, 1.807) is 11.8 Å². The zero-order valence-electron chi connectivity index (χ0n) is 6.74. The molecule has 0 rings (SSSR count). The Balaban J connectivity index is 3.15. The van der Waals surface area contributed by atoms with Crippen molar-refractivity contribution < 1.29 is 13.2 Å². The molecule has 0 amide bonds. The standard InChI is InChI=1S/C7H13F3S/c1-6(2)11-5-3-4-7(8,9)10/h6H,3-5H2,1-2H3. The molecule has 0 aromatic heterocycles. The van der Waals surface area contributed by atoms with Crippen molar-refractivity contribution in [3.63, 3.8) is 0 Å². The third-order valence-electron chi connectivity index (χ3n) is 1.06. The second kappa shape index (κ2) is 4.91. The fourth-order valence-electron chi connectivity index (χ4n) is 0.592. The first-order valence-corrected chi connectivity index (χ1v) is 4.65. The lowest BCUT2D eigenvalue weighted by molar-refractivity contribution is -0.134. The van der Waals surface area contributed by atoms with Gasteiger partial charge < -0.3 is 0 Å². The van der Waals surface area contributed by atoms with Crippen molar-refractivity contribution in [3.8, 4) is 0 Å². The predicted molar refractivity (Wildman–Crippen MR) is 42.9 cm³/mol. The maximum Gasteiger partial charge on any atom is 0.389 e. The first-order valence-electron chi connectivity index (χ1n) is 3.60. The van der Waals surface area contributed by atoms with E-state index in [1.807, 2.05) is 13.8 Å². The third-order valence-corrected chi connectivity index (χ3v) is 2.25. The van der Waals surface area contributed by atoms with Gasteiger partial charge in [0.2, 0.25) is 0 Å². The lowest BCUT2D eigenvalue weighted by Gasteiger charge is -2.06. The molecule has 0 atom stereocenters. The minimum absolute atomic E-state index is 0.242. The minimum atomic E-state index is -3.97. The fraction of sp³-hybridized carbons (Fsp3) is 1.00. The Bertz CT molecular complexity index is 98.3. The largest absolute Gasteiger partial charge is 0.389 e. The lowest BCUT2D eigenvalue weighted by atomic mass is 10.3. The smallest absolute Gasteiger partial charge is 0.171 e. The summed E-state index contributed by atoms with van der Waals surface area (Å²) < 4.78 is 34.7. The van der Waals surface area contributed by atoms with Gasteiger partial charge in [-0.05, 0) is 17.4 Å². The molecule has 0 nitrogen and oxygen atoms in total. The Morgan fingerprint density at radius 3 is 2.18 bits per heavy atom. The summed E-state index contributed by atoms with van der Waals surface area (Å²) >= 11 is 1.57. The van der Waals surface area contributed by atoms with Gasteiger partial charge in [0.25, 0.3) is 0 Å². The van der Waals surface area contributed by atoms with Gasteiger partial charge in [0.05, 0.1) is 0 Å². The Morgan fingerprint density at radius 2 is 1.82 bits per heavy atom. The van der Waals surface area contributed by atoms with Crippen molar-refractivity contribution in [1.29, 1.82) is 0 Å². The summed E-state index contributed by atoms with van der Waals surface area (Å²) in [5.41, 5.74) is 0. The van der Waals surface area contributed by atoms with Crippen LogP contribution in [-0.4, -0.2) is 17.2 Å². The van der Waals surface area contributed by atoms with Crippen LogP contribution in [-0.2, 0) is 0 Å². The molecule has 4 heteroatoms. The number of rotatable bonds is 4. The average Bonchev–Trinajstić information content (AvgIpc) is 1.78. The summed E-state index contributed by atoms with van der Waals surface area (Å²) in [5.74, 6) is 0.608. The molecule has 0 radical (unpaired) electrons. The van der Waals surface area contributed by atoms with Gasteiger partial charge in [0.1, 0.15) is 0 Å². The Morgan fingerprint density at radius 1 is 1.27 bits per heavy atom. The maximum absolute atomic E-state index is 11.6. The number of alkyl halides is 3. The summed E-state index contributed by atoms with van der Waals surface area (Å²) in [6, 6.07) is 0. The van der Waals surface area contributed by atoms with Crippen LogP contribution < -0.4 is 0 Å². The molecule has 11 heavy (non-hydrogen) atoms. The van der Waals surface area contributed by atoms with Crippen molar-refractivity contribution >= 4 is 11.8 Å². The minimum Gasteiger partial charge on any atom is -0.171 e. The summed E-state index contributed by atoms with van der Waals surface area (Å²) in [6.07, 6.45) is -4.38. The van der Waals surface area contributed by atoms with Gasteiger partial charge in [0.15, 0.2) is 0 Å². The van der Waals surface area contributed by atoms with Crippen molar-refractivity contribution in [3.05, 3.63) is 0 Å². The molecule has 68 valence electrons. The number of halogens is 3. The van der Waals surface area contributed by atoms with Crippen LogP contribution in [0.3, 0.4) is 0 Å². The molecule has 0 unspecified atom stereocenters. The SMILES string of the molecule is CC(C)SCCCC(F)(F)F. The first-order chi connectivity index (χ1) is 4.92. The maximum atomic E-state index is 11.6. The van der Waals surface area contributed by atoms with Crippen molar-refractivity contribution in [2.75, 3.05) is 5.75 Å². The average molecular weight is 186 g/mol. The van der Waals surface area contributed by atoms with Crippen molar-refractivity contribution in [2.45, 2.75) is 38.1 Å². The van der Waals surface area contributed by atoms with E-state index < -0.39 is 12.6 Å². The molecular weight excluding hydrogens is 173 g/mol. The molecule has 0 spiro atoms. The Kier molecular flexibility index (Phi) is 4.97. The van der Waals surface area contributed by atoms with E-state index in [2.05, 4.69) is 0 Å². The number of hydrogen-bond donors (Lipinski definition) is 0. The summed E-state index contributed by atoms with van der Waals surface area (Å²) in [6.45, 7) is 3.97. The van der Waals surface area contributed by atoms with Crippen LogP contribution in [0.15, 0.2) is 0 Å². The molecule has 0 fully saturated rings. The van der Waals surface area contributed by atoms with Crippen LogP contribution in [0, 0.1) is 0 Å². The topological polar surface area (TPSA) is 0 Å². The van der Waals surface area contributed by atoms with Crippen molar-refractivity contribution in [2.24, 2.45) is 0 Å². The molecule has 0 N–H and O–H groups in total. The Labute approximate surface area is 69.5 Å². The summed E-state index contributed by atoms with van der Waals surface area (Å²) in [7, 11) is 0. The fourth-order valence-corrected chi connectivity index (χ4v) is 1.37. The highest BCUT2D eigenvalue weighted by atomic mass is 32.2. The normalized spacial score (nSPS) is 12.5. The highest BCUT2D eigenvalue weighted by Gasteiger charge is 2.25. The van der Waals surface area contributed by atoms with Gasteiger partial charge in [-0.1, -0.05) is 13.8 Å². The van der Waals surface area contributed by atoms with Crippen LogP contribution in [0.4, 0.5) is 13.2 Å². The second-order valence-corrected chi connectivity index (χ2v) is 4.32. The molecule has 0 saturated heterocycles. The van der Waals surface area contributed by atoms with Crippen LogP contribution in [0.25, 0.3) is 0 Å². The highest BCUT2D eigenvalue weighted by molar-refractivity contribution is 7.99. The highest BCUT2D eigenvalue weighted by Crippen LogP contribution is 2.23. The molecule has 0 bridgehead atoms. The monoisotopic (exact) mass is 186 g/mol. The van der Waals surface area contributed by atoms with E-state index in [4.69, 9.17) is 0 Å². The lowest BCUT2D eigenvalue weighted by Crippen LogP contribution is -2.07. The van der Waals surface area contributed by atoms with Gasteiger partial charge in [-0.25, -0.2) is 0 Å². The van der Waals surface area contributed by atoms with Crippen LogP contribution in [0.2, 0.25) is 0 Å². The van der Waals surface area contributed by atoms with Gasteiger partial charge in [-0.2, -0.15) is 24.9 Å². The molecule has 0 aliphatic rings. The van der Waals surface area contributed by atoms with E-state index in [1.165, 1.54) is 0 Å². The van der Waals surface area contributed by atoms with E-state index >= 15 is 0 Å². The predicted octanol–water partition coefficient (Wildman–Crippen LogP) is 3.47. The number of hydrogen-bond acceptors (Lipinski definition) is 1.